The number of rotatable bonds is 10. The van der Waals surface area contributed by atoms with Crippen LogP contribution in [0.15, 0.2) is 0 Å². The van der Waals surface area contributed by atoms with Crippen LogP contribution in [0.1, 0.15) is 52.9 Å². The van der Waals surface area contributed by atoms with E-state index in [1.165, 1.54) is 25.7 Å². The molecule has 0 heterocycles. The molecule has 16 heavy (non-hydrogen) atoms. The number of hydrogen-bond acceptors (Lipinski definition) is 3. The van der Waals surface area contributed by atoms with Crippen LogP contribution in [-0.2, 0) is 0 Å². The Hall–Kier alpha value is -0.120. The molecule has 3 heteroatoms. The molecule has 0 aromatic rings. The van der Waals surface area contributed by atoms with Gasteiger partial charge in [-0.2, -0.15) is 0 Å². The Kier molecular flexibility index (Phi) is 9.99. The third-order valence-corrected chi connectivity index (χ3v) is 3.33. The number of nitrogens with two attached hydrogens (primary N) is 1. The molecule has 3 unspecified atom stereocenters. The van der Waals surface area contributed by atoms with Crippen LogP contribution in [-0.4, -0.2) is 30.3 Å². The molecule has 0 spiro atoms. The van der Waals surface area contributed by atoms with Crippen molar-refractivity contribution < 1.29 is 5.11 Å². The molecule has 0 aliphatic heterocycles. The van der Waals surface area contributed by atoms with Gasteiger partial charge in [0.1, 0.15) is 0 Å². The number of unbranched alkanes of at least 4 members (excludes halogenated alkanes) is 3. The molecule has 0 aromatic carbocycles. The van der Waals surface area contributed by atoms with Crippen molar-refractivity contribution in [3.63, 3.8) is 0 Å². The minimum atomic E-state index is 0.237. The standard InChI is InChI=1S/C13H30N2O/c1-4-5-6-7-8-13(9-14)15-12(3)11(2)10-16/h11-13,15-16H,4-10,14H2,1-3H3. The Balaban J connectivity index is 3.73. The van der Waals surface area contributed by atoms with Gasteiger partial charge in [-0.05, 0) is 19.3 Å². The zero-order valence-corrected chi connectivity index (χ0v) is 11.2. The SMILES string of the molecule is CCCCCCC(CN)NC(C)C(C)CO. The molecule has 0 rings (SSSR count). The first kappa shape index (κ1) is 15.9. The first-order chi connectivity index (χ1) is 7.65. The quantitative estimate of drug-likeness (QED) is 0.502. The number of nitrogens with one attached hydrogen (secondary N) is 1. The van der Waals surface area contributed by atoms with Gasteiger partial charge in [0.15, 0.2) is 0 Å². The van der Waals surface area contributed by atoms with Crippen LogP contribution >= 0.6 is 0 Å². The molecule has 3 atom stereocenters. The molecule has 0 radical (unpaired) electrons. The molecule has 4 N–H and O–H groups in total. The molecular formula is C13H30N2O. The van der Waals surface area contributed by atoms with Gasteiger partial charge in [0.2, 0.25) is 0 Å². The monoisotopic (exact) mass is 230 g/mol. The van der Waals surface area contributed by atoms with Crippen molar-refractivity contribution in [2.75, 3.05) is 13.2 Å². The first-order valence-corrected chi connectivity index (χ1v) is 6.72. The van der Waals surface area contributed by atoms with E-state index in [9.17, 15) is 0 Å². The summed E-state index contributed by atoms with van der Waals surface area (Å²) >= 11 is 0. The van der Waals surface area contributed by atoms with Crippen molar-refractivity contribution in [1.29, 1.82) is 0 Å². The Morgan fingerprint density at radius 3 is 2.38 bits per heavy atom. The summed E-state index contributed by atoms with van der Waals surface area (Å²) < 4.78 is 0. The summed E-state index contributed by atoms with van der Waals surface area (Å²) in [5.74, 6) is 0.296. The van der Waals surface area contributed by atoms with Crippen molar-refractivity contribution in [2.24, 2.45) is 11.7 Å². The van der Waals surface area contributed by atoms with E-state index >= 15 is 0 Å². The number of aliphatic hydroxyl groups excluding tert-OH is 1. The van der Waals surface area contributed by atoms with Crippen LogP contribution < -0.4 is 11.1 Å². The van der Waals surface area contributed by atoms with Gasteiger partial charge in [0.25, 0.3) is 0 Å². The highest BCUT2D eigenvalue weighted by atomic mass is 16.3. The van der Waals surface area contributed by atoms with Gasteiger partial charge in [-0.25, -0.2) is 0 Å². The van der Waals surface area contributed by atoms with Gasteiger partial charge >= 0.3 is 0 Å². The number of hydrogen-bond donors (Lipinski definition) is 3. The average Bonchev–Trinajstić information content (AvgIpc) is 2.31. The van der Waals surface area contributed by atoms with Crippen molar-refractivity contribution in [3.05, 3.63) is 0 Å². The lowest BCUT2D eigenvalue weighted by Crippen LogP contribution is -2.44. The van der Waals surface area contributed by atoms with E-state index in [1.807, 2.05) is 0 Å². The maximum absolute atomic E-state index is 9.07. The molecule has 0 aliphatic rings. The van der Waals surface area contributed by atoms with Crippen LogP contribution in [0.4, 0.5) is 0 Å². The second-order valence-electron chi connectivity index (χ2n) is 4.90. The minimum Gasteiger partial charge on any atom is -0.396 e. The summed E-state index contributed by atoms with van der Waals surface area (Å²) in [6.45, 7) is 7.33. The third kappa shape index (κ3) is 7.20. The van der Waals surface area contributed by atoms with E-state index in [4.69, 9.17) is 10.8 Å². The van der Waals surface area contributed by atoms with Gasteiger partial charge in [-0.3, -0.25) is 0 Å². The zero-order valence-electron chi connectivity index (χ0n) is 11.2. The molecule has 0 saturated heterocycles. The molecule has 0 aromatic heterocycles. The van der Waals surface area contributed by atoms with Crippen molar-refractivity contribution in [3.8, 4) is 0 Å². The molecule has 0 saturated carbocycles. The van der Waals surface area contributed by atoms with E-state index in [2.05, 4.69) is 26.1 Å². The highest BCUT2D eigenvalue weighted by molar-refractivity contribution is 4.75. The van der Waals surface area contributed by atoms with E-state index in [0.29, 0.717) is 24.5 Å². The summed E-state index contributed by atoms with van der Waals surface area (Å²) in [4.78, 5) is 0. The highest BCUT2D eigenvalue weighted by Crippen LogP contribution is 2.08. The van der Waals surface area contributed by atoms with Gasteiger partial charge < -0.3 is 16.2 Å². The Labute approximate surface area is 101 Å². The molecule has 0 aliphatic carbocycles. The minimum absolute atomic E-state index is 0.237. The van der Waals surface area contributed by atoms with Gasteiger partial charge in [-0.1, -0.05) is 39.5 Å². The average molecular weight is 230 g/mol. The molecule has 98 valence electrons. The third-order valence-electron chi connectivity index (χ3n) is 3.33. The summed E-state index contributed by atoms with van der Waals surface area (Å²) in [6.07, 6.45) is 6.30. The first-order valence-electron chi connectivity index (χ1n) is 6.72. The normalized spacial score (nSPS) is 17.1. The summed E-state index contributed by atoms with van der Waals surface area (Å²) in [5, 5.41) is 12.6. The van der Waals surface area contributed by atoms with Gasteiger partial charge in [-0.15, -0.1) is 0 Å². The van der Waals surface area contributed by atoms with E-state index in [1.54, 1.807) is 0 Å². The smallest absolute Gasteiger partial charge is 0.0471 e. The second kappa shape index (κ2) is 10.1. The fourth-order valence-corrected chi connectivity index (χ4v) is 1.78. The van der Waals surface area contributed by atoms with Gasteiger partial charge in [0.05, 0.1) is 0 Å². The lowest BCUT2D eigenvalue weighted by Gasteiger charge is -2.25. The maximum Gasteiger partial charge on any atom is 0.0471 e. The Bertz CT molecular complexity index is 153. The molecule has 3 nitrogen and oxygen atoms in total. The Morgan fingerprint density at radius 1 is 1.19 bits per heavy atom. The van der Waals surface area contributed by atoms with Crippen LogP contribution in [0.25, 0.3) is 0 Å². The van der Waals surface area contributed by atoms with E-state index in [0.717, 1.165) is 6.42 Å². The predicted octanol–water partition coefficient (Wildman–Crippen LogP) is 1.89. The van der Waals surface area contributed by atoms with Crippen molar-refractivity contribution >= 4 is 0 Å². The fraction of sp³-hybridized carbons (Fsp3) is 1.00. The summed E-state index contributed by atoms with van der Waals surface area (Å²) in [7, 11) is 0. The van der Waals surface area contributed by atoms with Crippen LogP contribution in [0.2, 0.25) is 0 Å². The van der Waals surface area contributed by atoms with Crippen LogP contribution in [0, 0.1) is 5.92 Å². The Morgan fingerprint density at radius 2 is 1.88 bits per heavy atom. The molecule has 0 bridgehead atoms. The topological polar surface area (TPSA) is 58.3 Å². The zero-order chi connectivity index (χ0) is 12.4. The molecule has 0 amide bonds. The van der Waals surface area contributed by atoms with E-state index < -0.39 is 0 Å². The second-order valence-corrected chi connectivity index (χ2v) is 4.90. The van der Waals surface area contributed by atoms with Gasteiger partial charge in [0, 0.05) is 25.2 Å². The highest BCUT2D eigenvalue weighted by Gasteiger charge is 2.15. The molecular weight excluding hydrogens is 200 g/mol. The van der Waals surface area contributed by atoms with Crippen LogP contribution in [0.3, 0.4) is 0 Å². The lowest BCUT2D eigenvalue weighted by molar-refractivity contribution is 0.199. The largest absolute Gasteiger partial charge is 0.396 e. The maximum atomic E-state index is 9.07. The van der Waals surface area contributed by atoms with E-state index in [-0.39, 0.29) is 6.61 Å². The summed E-state index contributed by atoms with van der Waals surface area (Å²) in [5.41, 5.74) is 5.75. The van der Waals surface area contributed by atoms with Crippen molar-refractivity contribution in [2.45, 2.75) is 65.0 Å². The predicted molar refractivity (Wildman–Crippen MR) is 70.4 cm³/mol. The fourth-order valence-electron chi connectivity index (χ4n) is 1.78. The summed E-state index contributed by atoms with van der Waals surface area (Å²) in [6, 6.07) is 0.741. The lowest BCUT2D eigenvalue weighted by atomic mass is 10.0. The van der Waals surface area contributed by atoms with Crippen molar-refractivity contribution in [1.82, 2.24) is 5.32 Å². The van der Waals surface area contributed by atoms with Crippen LogP contribution in [0.5, 0.6) is 0 Å². The molecule has 0 fully saturated rings. The number of aliphatic hydroxyl groups is 1.